The highest BCUT2D eigenvalue weighted by Gasteiger charge is 2.08. The van der Waals surface area contributed by atoms with Crippen LogP contribution in [0.15, 0.2) is 57.8 Å². The molecule has 1 heterocycles. The van der Waals surface area contributed by atoms with Crippen LogP contribution in [-0.4, -0.2) is 13.1 Å². The van der Waals surface area contributed by atoms with E-state index in [4.69, 9.17) is 13.9 Å². The largest absolute Gasteiger partial charge is 0.497 e. The smallest absolute Gasteiger partial charge is 0.336 e. The van der Waals surface area contributed by atoms with Crippen LogP contribution in [0.25, 0.3) is 11.0 Å². The third-order valence-electron chi connectivity index (χ3n) is 2.94. The average Bonchev–Trinajstić information content (AvgIpc) is 2.52. The van der Waals surface area contributed by atoms with Crippen LogP contribution in [0, 0.1) is 0 Å². The standard InChI is InChI=1S/C17H16O5/c1-3-4-5-6-16(18)21-11-12-9-17(19)22-15-10-13(20-2)7-8-14(12)15/h3-10H,11H2,1-2H3/b4-3+,6-5+. The van der Waals surface area contributed by atoms with Gasteiger partial charge >= 0.3 is 11.6 Å². The van der Waals surface area contributed by atoms with Crippen molar-refractivity contribution in [1.29, 1.82) is 0 Å². The number of allylic oxidation sites excluding steroid dienone is 3. The molecule has 0 unspecified atom stereocenters. The van der Waals surface area contributed by atoms with Crippen LogP contribution in [0.3, 0.4) is 0 Å². The molecule has 0 spiro atoms. The second-order valence-corrected chi connectivity index (χ2v) is 4.45. The van der Waals surface area contributed by atoms with Gasteiger partial charge in [0.25, 0.3) is 0 Å². The third-order valence-corrected chi connectivity index (χ3v) is 2.94. The number of rotatable bonds is 5. The maximum absolute atomic E-state index is 11.6. The molecule has 0 fully saturated rings. The van der Waals surface area contributed by atoms with Crippen molar-refractivity contribution in [2.24, 2.45) is 0 Å². The van der Waals surface area contributed by atoms with Crippen molar-refractivity contribution < 1.29 is 18.7 Å². The Morgan fingerprint density at radius 2 is 2.09 bits per heavy atom. The molecule has 22 heavy (non-hydrogen) atoms. The van der Waals surface area contributed by atoms with E-state index in [9.17, 15) is 9.59 Å². The van der Waals surface area contributed by atoms with E-state index < -0.39 is 11.6 Å². The topological polar surface area (TPSA) is 65.7 Å². The Labute approximate surface area is 127 Å². The number of methoxy groups -OCH3 is 1. The summed E-state index contributed by atoms with van der Waals surface area (Å²) in [6.07, 6.45) is 6.43. The predicted octanol–water partition coefficient (Wildman–Crippen LogP) is 2.98. The molecule has 0 saturated carbocycles. The van der Waals surface area contributed by atoms with Gasteiger partial charge < -0.3 is 13.9 Å². The summed E-state index contributed by atoms with van der Waals surface area (Å²) in [5, 5.41) is 0.700. The molecule has 114 valence electrons. The first-order chi connectivity index (χ1) is 10.6. The summed E-state index contributed by atoms with van der Waals surface area (Å²) < 4.78 is 15.3. The molecule has 2 aromatic rings. The van der Waals surface area contributed by atoms with Crippen molar-refractivity contribution in [3.8, 4) is 5.75 Å². The Balaban J connectivity index is 2.24. The molecular formula is C17H16O5. The molecule has 0 N–H and O–H groups in total. The highest BCUT2D eigenvalue weighted by Crippen LogP contribution is 2.22. The van der Waals surface area contributed by atoms with Crippen molar-refractivity contribution >= 4 is 16.9 Å². The van der Waals surface area contributed by atoms with E-state index in [0.29, 0.717) is 22.3 Å². The maximum atomic E-state index is 11.6. The molecule has 0 aliphatic carbocycles. The zero-order valence-corrected chi connectivity index (χ0v) is 12.4. The molecule has 1 aromatic carbocycles. The fourth-order valence-electron chi connectivity index (χ4n) is 1.90. The summed E-state index contributed by atoms with van der Waals surface area (Å²) >= 11 is 0. The molecule has 0 radical (unpaired) electrons. The fraction of sp³-hybridized carbons (Fsp3) is 0.176. The summed E-state index contributed by atoms with van der Waals surface area (Å²) in [6.45, 7) is 1.84. The van der Waals surface area contributed by atoms with Crippen LogP contribution in [0.5, 0.6) is 5.75 Å². The number of carbonyl (C=O) groups is 1. The molecule has 0 bridgehead atoms. The van der Waals surface area contributed by atoms with Gasteiger partial charge in [-0.25, -0.2) is 9.59 Å². The molecule has 5 nitrogen and oxygen atoms in total. The maximum Gasteiger partial charge on any atom is 0.336 e. The minimum absolute atomic E-state index is 0.00651. The lowest BCUT2D eigenvalue weighted by molar-refractivity contribution is -0.138. The van der Waals surface area contributed by atoms with Gasteiger partial charge in [0.1, 0.15) is 17.9 Å². The van der Waals surface area contributed by atoms with E-state index in [1.165, 1.54) is 19.3 Å². The zero-order valence-electron chi connectivity index (χ0n) is 12.4. The van der Waals surface area contributed by atoms with Gasteiger partial charge in [-0.3, -0.25) is 0 Å². The fourth-order valence-corrected chi connectivity index (χ4v) is 1.90. The second-order valence-electron chi connectivity index (χ2n) is 4.45. The lowest BCUT2D eigenvalue weighted by atomic mass is 10.1. The van der Waals surface area contributed by atoms with Gasteiger partial charge in [0.15, 0.2) is 0 Å². The summed E-state index contributed by atoms with van der Waals surface area (Å²) in [5.41, 5.74) is 0.473. The van der Waals surface area contributed by atoms with Crippen molar-refractivity contribution in [2.75, 3.05) is 7.11 Å². The van der Waals surface area contributed by atoms with Gasteiger partial charge in [0, 0.05) is 29.2 Å². The van der Waals surface area contributed by atoms with Crippen molar-refractivity contribution in [3.05, 3.63) is 64.6 Å². The second kappa shape index (κ2) is 7.26. The Morgan fingerprint density at radius 1 is 1.27 bits per heavy atom. The molecule has 2 rings (SSSR count). The molecule has 0 atom stereocenters. The van der Waals surface area contributed by atoms with Gasteiger partial charge in [-0.05, 0) is 19.1 Å². The Bertz CT molecular complexity index is 783. The van der Waals surface area contributed by atoms with E-state index in [1.807, 2.05) is 6.92 Å². The third kappa shape index (κ3) is 3.85. The van der Waals surface area contributed by atoms with E-state index in [0.717, 1.165) is 0 Å². The Morgan fingerprint density at radius 3 is 2.82 bits per heavy atom. The van der Waals surface area contributed by atoms with Crippen LogP contribution in [-0.2, 0) is 16.1 Å². The number of esters is 1. The Hall–Kier alpha value is -2.82. The normalized spacial score (nSPS) is 11.4. The Kier molecular flexibility index (Phi) is 5.14. The summed E-state index contributed by atoms with van der Waals surface area (Å²) in [6, 6.07) is 6.45. The molecule has 1 aromatic heterocycles. The van der Waals surface area contributed by atoms with Gasteiger partial charge in [-0.2, -0.15) is 0 Å². The van der Waals surface area contributed by atoms with E-state index >= 15 is 0 Å². The van der Waals surface area contributed by atoms with Crippen LogP contribution in [0.2, 0.25) is 0 Å². The zero-order chi connectivity index (χ0) is 15.9. The number of fused-ring (bicyclic) bond motifs is 1. The van der Waals surface area contributed by atoms with Gasteiger partial charge in [-0.1, -0.05) is 18.2 Å². The molecule has 0 aliphatic rings. The quantitative estimate of drug-likeness (QED) is 0.367. The first-order valence-electron chi connectivity index (χ1n) is 6.71. The SMILES string of the molecule is C/C=C/C=C/C(=O)OCc1cc(=O)oc2cc(OC)ccc12. The summed E-state index contributed by atoms with van der Waals surface area (Å²) in [5.74, 6) is 0.104. The van der Waals surface area contributed by atoms with Crippen LogP contribution in [0.4, 0.5) is 0 Å². The van der Waals surface area contributed by atoms with Crippen LogP contribution in [0.1, 0.15) is 12.5 Å². The highest BCUT2D eigenvalue weighted by molar-refractivity contribution is 5.84. The lowest BCUT2D eigenvalue weighted by Gasteiger charge is -2.07. The number of ether oxygens (including phenoxy) is 2. The van der Waals surface area contributed by atoms with Gasteiger partial charge in [0.05, 0.1) is 7.11 Å². The van der Waals surface area contributed by atoms with Gasteiger partial charge in [0.2, 0.25) is 0 Å². The summed E-state index contributed by atoms with van der Waals surface area (Å²) in [4.78, 5) is 23.1. The van der Waals surface area contributed by atoms with Crippen molar-refractivity contribution in [1.82, 2.24) is 0 Å². The number of carbonyl (C=O) groups excluding carboxylic acids is 1. The molecular weight excluding hydrogens is 284 g/mol. The first kappa shape index (κ1) is 15.6. The number of hydrogen-bond acceptors (Lipinski definition) is 5. The molecule has 0 amide bonds. The van der Waals surface area contributed by atoms with E-state index in [2.05, 4.69) is 0 Å². The minimum Gasteiger partial charge on any atom is -0.497 e. The number of benzene rings is 1. The van der Waals surface area contributed by atoms with E-state index in [1.54, 1.807) is 36.4 Å². The van der Waals surface area contributed by atoms with Crippen LogP contribution < -0.4 is 10.4 Å². The minimum atomic E-state index is -0.503. The lowest BCUT2D eigenvalue weighted by Crippen LogP contribution is -2.05. The molecule has 5 heteroatoms. The molecule has 0 saturated heterocycles. The highest BCUT2D eigenvalue weighted by atomic mass is 16.5. The average molecular weight is 300 g/mol. The van der Waals surface area contributed by atoms with Crippen LogP contribution >= 0.6 is 0 Å². The first-order valence-corrected chi connectivity index (χ1v) is 6.71. The summed E-state index contributed by atoms with van der Waals surface area (Å²) in [7, 11) is 1.53. The predicted molar refractivity (Wildman–Crippen MR) is 82.8 cm³/mol. The monoisotopic (exact) mass is 300 g/mol. The van der Waals surface area contributed by atoms with Crippen molar-refractivity contribution in [3.63, 3.8) is 0 Å². The van der Waals surface area contributed by atoms with Gasteiger partial charge in [-0.15, -0.1) is 0 Å². The number of hydrogen-bond donors (Lipinski definition) is 0. The molecule has 0 aliphatic heterocycles. The van der Waals surface area contributed by atoms with E-state index in [-0.39, 0.29) is 6.61 Å². The van der Waals surface area contributed by atoms with Crippen molar-refractivity contribution in [2.45, 2.75) is 13.5 Å².